The fraction of sp³-hybridized carbons (Fsp3) is 0.412. The van der Waals surface area contributed by atoms with Crippen molar-refractivity contribution in [3.63, 3.8) is 0 Å². The highest BCUT2D eigenvalue weighted by Crippen LogP contribution is 2.28. The van der Waals surface area contributed by atoms with Crippen molar-refractivity contribution in [2.45, 2.75) is 46.1 Å². The van der Waals surface area contributed by atoms with E-state index in [0.717, 1.165) is 17.1 Å². The first-order chi connectivity index (χ1) is 9.70. The molecule has 0 spiro atoms. The second-order valence-corrected chi connectivity index (χ2v) is 6.56. The number of rotatable bonds is 3. The quantitative estimate of drug-likeness (QED) is 0.867. The largest absolute Gasteiger partial charge is 0.478 e. The Morgan fingerprint density at radius 3 is 2.52 bits per heavy atom. The summed E-state index contributed by atoms with van der Waals surface area (Å²) in [4.78, 5) is 15.3. The Hall–Kier alpha value is -2.10. The molecule has 2 aromatic rings. The zero-order valence-electron chi connectivity index (χ0n) is 13.2. The lowest BCUT2D eigenvalue weighted by atomic mass is 9.87. The lowest BCUT2D eigenvalue weighted by Crippen LogP contribution is -2.11. The summed E-state index contributed by atoms with van der Waals surface area (Å²) in [5.41, 5.74) is 3.24. The minimum Gasteiger partial charge on any atom is -0.478 e. The van der Waals surface area contributed by atoms with E-state index >= 15 is 0 Å². The lowest BCUT2D eigenvalue weighted by molar-refractivity contribution is -0.131. The summed E-state index contributed by atoms with van der Waals surface area (Å²) in [6, 6.07) is 6.46. The number of carboxylic acids is 1. The third-order valence-electron chi connectivity index (χ3n) is 3.47. The van der Waals surface area contributed by atoms with Crippen LogP contribution in [0, 0.1) is 0 Å². The number of aliphatic carboxylic acids is 1. The van der Waals surface area contributed by atoms with Gasteiger partial charge in [0.2, 0.25) is 0 Å². The molecule has 0 amide bonds. The molecular formula is C17H22N2O2. The van der Waals surface area contributed by atoms with Gasteiger partial charge in [-0.25, -0.2) is 9.78 Å². The number of nitrogens with zero attached hydrogens (tertiary/aromatic N) is 2. The third kappa shape index (κ3) is 3.15. The average Bonchev–Trinajstić information content (AvgIpc) is 2.72. The first-order valence-electron chi connectivity index (χ1n) is 7.13. The van der Waals surface area contributed by atoms with Crippen LogP contribution in [0.5, 0.6) is 0 Å². The van der Waals surface area contributed by atoms with Crippen molar-refractivity contribution in [2.24, 2.45) is 0 Å². The maximum Gasteiger partial charge on any atom is 0.328 e. The molecule has 0 aliphatic rings. The molecule has 1 aromatic heterocycles. The van der Waals surface area contributed by atoms with Gasteiger partial charge in [-0.3, -0.25) is 0 Å². The zero-order chi connectivity index (χ0) is 15.8. The topological polar surface area (TPSA) is 55.1 Å². The molecule has 0 unspecified atom stereocenters. The van der Waals surface area contributed by atoms with Gasteiger partial charge in [0.25, 0.3) is 0 Å². The Bertz CT molecular complexity index is 703. The summed E-state index contributed by atoms with van der Waals surface area (Å²) in [7, 11) is 0. The fourth-order valence-corrected chi connectivity index (χ4v) is 2.38. The maximum atomic E-state index is 10.7. The summed E-state index contributed by atoms with van der Waals surface area (Å²) >= 11 is 0. The van der Waals surface area contributed by atoms with Crippen LogP contribution < -0.4 is 0 Å². The SMILES string of the molecule is CC(C)n1c(/C=C/C(=O)O)nc2ccc(C(C)(C)C)cc21. The fourth-order valence-electron chi connectivity index (χ4n) is 2.38. The van der Waals surface area contributed by atoms with Crippen molar-refractivity contribution in [1.82, 2.24) is 9.55 Å². The molecule has 2 rings (SSSR count). The molecule has 1 aromatic carbocycles. The van der Waals surface area contributed by atoms with Gasteiger partial charge in [0.1, 0.15) is 5.82 Å². The number of carbonyl (C=O) groups is 1. The van der Waals surface area contributed by atoms with Crippen molar-refractivity contribution in [2.75, 3.05) is 0 Å². The smallest absolute Gasteiger partial charge is 0.328 e. The van der Waals surface area contributed by atoms with Crippen molar-refractivity contribution >= 4 is 23.1 Å². The van der Waals surface area contributed by atoms with Crippen LogP contribution in [0.3, 0.4) is 0 Å². The molecule has 4 nitrogen and oxygen atoms in total. The van der Waals surface area contributed by atoms with Crippen LogP contribution in [0.15, 0.2) is 24.3 Å². The third-order valence-corrected chi connectivity index (χ3v) is 3.47. The van der Waals surface area contributed by atoms with Gasteiger partial charge >= 0.3 is 5.97 Å². The predicted octanol–water partition coefficient (Wildman–Crippen LogP) is 4.01. The van der Waals surface area contributed by atoms with Gasteiger partial charge in [-0.15, -0.1) is 0 Å². The van der Waals surface area contributed by atoms with Gasteiger partial charge < -0.3 is 9.67 Å². The van der Waals surface area contributed by atoms with E-state index in [1.807, 2.05) is 6.07 Å². The number of carboxylic acid groups (broad SMARTS) is 1. The average molecular weight is 286 g/mol. The van der Waals surface area contributed by atoms with E-state index in [0.29, 0.717) is 5.82 Å². The maximum absolute atomic E-state index is 10.7. The number of aromatic nitrogens is 2. The molecule has 4 heteroatoms. The Kier molecular flexibility index (Phi) is 3.90. The van der Waals surface area contributed by atoms with E-state index in [4.69, 9.17) is 5.11 Å². The molecule has 0 atom stereocenters. The van der Waals surface area contributed by atoms with E-state index in [2.05, 4.69) is 56.3 Å². The highest BCUT2D eigenvalue weighted by Gasteiger charge is 2.17. The Morgan fingerprint density at radius 1 is 1.33 bits per heavy atom. The summed E-state index contributed by atoms with van der Waals surface area (Å²) in [6.45, 7) is 10.7. The molecule has 21 heavy (non-hydrogen) atoms. The summed E-state index contributed by atoms with van der Waals surface area (Å²) in [5.74, 6) is -0.291. The lowest BCUT2D eigenvalue weighted by Gasteiger charge is -2.19. The van der Waals surface area contributed by atoms with E-state index in [9.17, 15) is 4.79 Å². The number of benzene rings is 1. The summed E-state index contributed by atoms with van der Waals surface area (Å²) in [6.07, 6.45) is 2.68. The van der Waals surface area contributed by atoms with E-state index in [-0.39, 0.29) is 11.5 Å². The van der Waals surface area contributed by atoms with Crippen LogP contribution in [0.1, 0.15) is 52.0 Å². The molecule has 0 bridgehead atoms. The van der Waals surface area contributed by atoms with Crippen LogP contribution in [0.2, 0.25) is 0 Å². The van der Waals surface area contributed by atoms with Crippen LogP contribution in [-0.2, 0) is 10.2 Å². The normalized spacial score (nSPS) is 12.7. The summed E-state index contributed by atoms with van der Waals surface area (Å²) < 4.78 is 2.07. The molecule has 1 heterocycles. The van der Waals surface area contributed by atoms with Crippen molar-refractivity contribution in [1.29, 1.82) is 0 Å². The minimum absolute atomic E-state index is 0.0668. The van der Waals surface area contributed by atoms with Crippen LogP contribution in [-0.4, -0.2) is 20.6 Å². The molecule has 0 saturated heterocycles. The molecule has 0 aliphatic carbocycles. The summed E-state index contributed by atoms with van der Waals surface area (Å²) in [5, 5.41) is 8.81. The van der Waals surface area contributed by atoms with Crippen molar-refractivity contribution in [3.8, 4) is 0 Å². The van der Waals surface area contributed by atoms with E-state index in [1.165, 1.54) is 5.56 Å². The van der Waals surface area contributed by atoms with Crippen molar-refractivity contribution < 1.29 is 9.90 Å². The van der Waals surface area contributed by atoms with Gasteiger partial charge in [0.05, 0.1) is 11.0 Å². The van der Waals surface area contributed by atoms with Crippen molar-refractivity contribution in [3.05, 3.63) is 35.7 Å². The molecule has 0 aliphatic heterocycles. The standard InChI is InChI=1S/C17H22N2O2/c1-11(2)19-14-10-12(17(3,4)5)6-7-13(14)18-15(19)8-9-16(20)21/h6-11H,1-5H3,(H,20,21)/b9-8+. The van der Waals surface area contributed by atoms with E-state index in [1.54, 1.807) is 6.08 Å². The van der Waals surface area contributed by atoms with Crippen LogP contribution >= 0.6 is 0 Å². The second-order valence-electron chi connectivity index (χ2n) is 6.56. The molecule has 1 N–H and O–H groups in total. The Balaban J connectivity index is 2.67. The number of hydrogen-bond acceptors (Lipinski definition) is 2. The molecule has 112 valence electrons. The van der Waals surface area contributed by atoms with Gasteiger partial charge in [0.15, 0.2) is 0 Å². The first-order valence-corrected chi connectivity index (χ1v) is 7.13. The Morgan fingerprint density at radius 2 is 2.00 bits per heavy atom. The van der Waals surface area contributed by atoms with Gasteiger partial charge in [0, 0.05) is 12.1 Å². The van der Waals surface area contributed by atoms with Gasteiger partial charge in [-0.05, 0) is 43.0 Å². The second kappa shape index (κ2) is 5.35. The number of imidazole rings is 1. The molecule has 0 fully saturated rings. The Labute approximate surface area is 125 Å². The van der Waals surface area contributed by atoms with Crippen LogP contribution in [0.4, 0.5) is 0 Å². The monoisotopic (exact) mass is 286 g/mol. The predicted molar refractivity (Wildman–Crippen MR) is 85.5 cm³/mol. The minimum atomic E-state index is -0.965. The zero-order valence-corrected chi connectivity index (χ0v) is 13.2. The number of hydrogen-bond donors (Lipinski definition) is 1. The number of fused-ring (bicyclic) bond motifs is 1. The molecule has 0 saturated carbocycles. The highest BCUT2D eigenvalue weighted by molar-refractivity contribution is 5.86. The van der Waals surface area contributed by atoms with Gasteiger partial charge in [-0.2, -0.15) is 0 Å². The van der Waals surface area contributed by atoms with Crippen LogP contribution in [0.25, 0.3) is 17.1 Å². The molecule has 0 radical (unpaired) electrons. The van der Waals surface area contributed by atoms with E-state index < -0.39 is 5.97 Å². The van der Waals surface area contributed by atoms with Gasteiger partial charge in [-0.1, -0.05) is 26.8 Å². The highest BCUT2D eigenvalue weighted by atomic mass is 16.4. The first kappa shape index (κ1) is 15.3. The molecular weight excluding hydrogens is 264 g/mol.